The van der Waals surface area contributed by atoms with Crippen molar-refractivity contribution in [3.8, 4) is 5.69 Å². The molecule has 2 heterocycles. The highest BCUT2D eigenvalue weighted by atomic mass is 32.2. The van der Waals surface area contributed by atoms with Gasteiger partial charge in [-0.1, -0.05) is 30.0 Å². The summed E-state index contributed by atoms with van der Waals surface area (Å²) in [7, 11) is 0. The van der Waals surface area contributed by atoms with Gasteiger partial charge in [0.25, 0.3) is 5.56 Å². The third kappa shape index (κ3) is 3.31. The van der Waals surface area contributed by atoms with Crippen molar-refractivity contribution < 1.29 is 9.59 Å². The highest BCUT2D eigenvalue weighted by molar-refractivity contribution is 8.00. The summed E-state index contributed by atoms with van der Waals surface area (Å²) in [6, 6.07) is 8.33. The number of nitrogens with one attached hydrogen (secondary N) is 1. The summed E-state index contributed by atoms with van der Waals surface area (Å²) in [4.78, 5) is 43.2. The summed E-state index contributed by atoms with van der Waals surface area (Å²) in [6.07, 6.45) is 2.93. The van der Waals surface area contributed by atoms with Crippen LogP contribution in [0.3, 0.4) is 0 Å². The number of imide groups is 1. The van der Waals surface area contributed by atoms with Crippen LogP contribution in [0.25, 0.3) is 15.9 Å². The molecule has 0 unspecified atom stereocenters. The Bertz CT molecular complexity index is 1140. The van der Waals surface area contributed by atoms with Crippen molar-refractivity contribution >= 4 is 45.3 Å². The minimum absolute atomic E-state index is 0.124. The minimum Gasteiger partial charge on any atom is -0.351 e. The first-order chi connectivity index (χ1) is 13.5. The van der Waals surface area contributed by atoms with Gasteiger partial charge in [0.15, 0.2) is 5.16 Å². The molecule has 1 aliphatic rings. The second kappa shape index (κ2) is 7.40. The van der Waals surface area contributed by atoms with E-state index < -0.39 is 17.2 Å². The molecule has 7 nitrogen and oxygen atoms in total. The van der Waals surface area contributed by atoms with Crippen LogP contribution in [-0.4, -0.2) is 26.7 Å². The second-order valence-corrected chi connectivity index (χ2v) is 8.91. The number of thiophene rings is 1. The van der Waals surface area contributed by atoms with Gasteiger partial charge in [0.1, 0.15) is 4.83 Å². The summed E-state index contributed by atoms with van der Waals surface area (Å²) in [5, 5.41) is 2.51. The Morgan fingerprint density at radius 3 is 2.75 bits per heavy atom. The average molecular weight is 415 g/mol. The molecule has 0 saturated carbocycles. The van der Waals surface area contributed by atoms with Crippen LogP contribution in [0.4, 0.5) is 4.79 Å². The zero-order chi connectivity index (χ0) is 19.8. The van der Waals surface area contributed by atoms with Crippen LogP contribution in [0.2, 0.25) is 0 Å². The van der Waals surface area contributed by atoms with Gasteiger partial charge in [-0.25, -0.2) is 9.78 Å². The van der Waals surface area contributed by atoms with E-state index in [1.54, 1.807) is 22.8 Å². The van der Waals surface area contributed by atoms with Crippen LogP contribution >= 0.6 is 23.1 Å². The van der Waals surface area contributed by atoms with Crippen molar-refractivity contribution in [2.24, 2.45) is 5.73 Å². The van der Waals surface area contributed by atoms with Crippen LogP contribution in [0.5, 0.6) is 0 Å². The van der Waals surface area contributed by atoms with E-state index >= 15 is 0 Å². The predicted molar refractivity (Wildman–Crippen MR) is 110 cm³/mol. The normalized spacial score (nSPS) is 14.0. The van der Waals surface area contributed by atoms with E-state index in [-0.39, 0.29) is 5.56 Å². The van der Waals surface area contributed by atoms with Gasteiger partial charge in [0.2, 0.25) is 5.91 Å². The molecule has 0 bridgehead atoms. The van der Waals surface area contributed by atoms with Crippen LogP contribution in [0, 0.1) is 0 Å². The third-order valence-electron chi connectivity index (χ3n) is 4.62. The number of primary amides is 1. The number of benzene rings is 1. The van der Waals surface area contributed by atoms with Gasteiger partial charge in [-0.05, 0) is 43.9 Å². The highest BCUT2D eigenvalue weighted by Gasteiger charge is 2.26. The zero-order valence-corrected chi connectivity index (χ0v) is 16.7. The molecule has 3 N–H and O–H groups in total. The van der Waals surface area contributed by atoms with Crippen molar-refractivity contribution in [2.45, 2.75) is 36.6 Å². The molecule has 28 heavy (non-hydrogen) atoms. The summed E-state index contributed by atoms with van der Waals surface area (Å²) in [5.74, 6) is -0.528. The fraction of sp³-hybridized carbons (Fsp3) is 0.263. The number of hydrogen-bond donors (Lipinski definition) is 2. The van der Waals surface area contributed by atoms with Gasteiger partial charge < -0.3 is 5.73 Å². The maximum absolute atomic E-state index is 13.4. The summed E-state index contributed by atoms with van der Waals surface area (Å²) < 4.78 is 1.55. The molecule has 0 radical (unpaired) electrons. The molecule has 9 heteroatoms. The Kier molecular flexibility index (Phi) is 4.94. The monoisotopic (exact) mass is 414 g/mol. The lowest BCUT2D eigenvalue weighted by Crippen LogP contribution is -2.39. The van der Waals surface area contributed by atoms with E-state index in [1.807, 2.05) is 30.3 Å². The zero-order valence-electron chi connectivity index (χ0n) is 15.1. The number of carbonyl (C=O) groups is 2. The Hall–Kier alpha value is -2.65. The molecule has 1 aromatic carbocycles. The molecule has 0 spiro atoms. The number of thioether (sulfide) groups is 1. The number of nitrogens with zero attached hydrogens (tertiary/aromatic N) is 2. The molecule has 3 amide bonds. The molecule has 2 aromatic heterocycles. The molecule has 144 valence electrons. The number of urea groups is 1. The van der Waals surface area contributed by atoms with Crippen molar-refractivity contribution in [2.75, 3.05) is 0 Å². The molecule has 3 aromatic rings. The molecular formula is C19H18N4O3S2. The van der Waals surface area contributed by atoms with Crippen molar-refractivity contribution in [3.63, 3.8) is 0 Å². The summed E-state index contributed by atoms with van der Waals surface area (Å²) >= 11 is 2.68. The topological polar surface area (TPSA) is 107 Å². The standard InChI is InChI=1S/C19H18N4O3S2/c1-10(15(24)21-18(20)26)27-19-22-16-14(12-8-5-9-13(12)28-16)17(25)23(19)11-6-3-2-4-7-11/h2-4,6-7,10H,5,8-9H2,1H3,(H3,20,21,24,26)/t10-/m0/s1. The van der Waals surface area contributed by atoms with Crippen LogP contribution in [0.15, 0.2) is 40.3 Å². The first-order valence-corrected chi connectivity index (χ1v) is 10.5. The van der Waals surface area contributed by atoms with Gasteiger partial charge in [-0.3, -0.25) is 19.5 Å². The van der Waals surface area contributed by atoms with Crippen molar-refractivity contribution in [1.82, 2.24) is 14.9 Å². The molecule has 1 atom stereocenters. The fourth-order valence-corrected chi connectivity index (χ4v) is 5.57. The SMILES string of the molecule is C[C@H](Sc1nc2sc3c(c2c(=O)n1-c1ccccc1)CCC3)C(=O)NC(N)=O. The Labute approximate surface area is 169 Å². The average Bonchev–Trinajstić information content (AvgIpc) is 3.22. The van der Waals surface area contributed by atoms with Gasteiger partial charge in [0, 0.05) is 4.88 Å². The lowest BCUT2D eigenvalue weighted by Gasteiger charge is -2.15. The van der Waals surface area contributed by atoms with E-state index in [4.69, 9.17) is 10.7 Å². The molecule has 0 aliphatic heterocycles. The number of fused-ring (bicyclic) bond motifs is 3. The largest absolute Gasteiger partial charge is 0.351 e. The van der Waals surface area contributed by atoms with Crippen LogP contribution < -0.4 is 16.6 Å². The molecular weight excluding hydrogens is 396 g/mol. The van der Waals surface area contributed by atoms with Crippen molar-refractivity contribution in [1.29, 1.82) is 0 Å². The number of para-hydroxylation sites is 1. The lowest BCUT2D eigenvalue weighted by atomic mass is 10.2. The van der Waals surface area contributed by atoms with E-state index in [0.717, 1.165) is 36.6 Å². The number of carbonyl (C=O) groups excluding carboxylic acids is 2. The van der Waals surface area contributed by atoms with E-state index in [0.29, 0.717) is 21.1 Å². The lowest BCUT2D eigenvalue weighted by molar-refractivity contribution is -0.119. The van der Waals surface area contributed by atoms with Gasteiger partial charge in [0.05, 0.1) is 16.3 Å². The highest BCUT2D eigenvalue weighted by Crippen LogP contribution is 2.36. The first kappa shape index (κ1) is 18.7. The molecule has 1 aliphatic carbocycles. The molecule has 0 saturated heterocycles. The predicted octanol–water partition coefficient (Wildman–Crippen LogP) is 2.61. The smallest absolute Gasteiger partial charge is 0.318 e. The van der Waals surface area contributed by atoms with Gasteiger partial charge in [-0.2, -0.15) is 0 Å². The number of rotatable bonds is 4. The van der Waals surface area contributed by atoms with E-state index in [9.17, 15) is 14.4 Å². The molecule has 4 rings (SSSR count). The van der Waals surface area contributed by atoms with Crippen LogP contribution in [0.1, 0.15) is 23.8 Å². The Morgan fingerprint density at radius 1 is 1.29 bits per heavy atom. The number of hydrogen-bond acceptors (Lipinski definition) is 6. The minimum atomic E-state index is -0.906. The third-order valence-corrected chi connectivity index (χ3v) is 6.86. The quantitative estimate of drug-likeness (QED) is 0.504. The maximum Gasteiger partial charge on any atom is 0.318 e. The van der Waals surface area contributed by atoms with E-state index in [1.165, 1.54) is 4.88 Å². The summed E-state index contributed by atoms with van der Waals surface area (Å²) in [6.45, 7) is 1.64. The Morgan fingerprint density at radius 2 is 2.04 bits per heavy atom. The van der Waals surface area contributed by atoms with Crippen LogP contribution in [-0.2, 0) is 17.6 Å². The van der Waals surface area contributed by atoms with Gasteiger partial charge >= 0.3 is 6.03 Å². The fourth-order valence-electron chi connectivity index (χ4n) is 3.34. The Balaban J connectivity index is 1.86. The van der Waals surface area contributed by atoms with Gasteiger partial charge in [-0.15, -0.1) is 11.3 Å². The molecule has 0 fully saturated rings. The van der Waals surface area contributed by atoms with E-state index in [2.05, 4.69) is 5.32 Å². The second-order valence-electron chi connectivity index (χ2n) is 6.52. The maximum atomic E-state index is 13.4. The summed E-state index contributed by atoms with van der Waals surface area (Å²) in [5.41, 5.74) is 6.71. The first-order valence-electron chi connectivity index (χ1n) is 8.85. The van der Waals surface area contributed by atoms with Crippen molar-refractivity contribution in [3.05, 3.63) is 51.1 Å². The number of aromatic nitrogens is 2. The number of aryl methyl sites for hydroxylation is 2. The number of amides is 3. The number of nitrogens with two attached hydrogens (primary N) is 1.